The molecule has 1 saturated heterocycles. The van der Waals surface area contributed by atoms with Crippen LogP contribution in [0.3, 0.4) is 0 Å². The molecule has 2 aromatic rings. The lowest BCUT2D eigenvalue weighted by molar-refractivity contribution is -0.133. The molecule has 2 aliphatic heterocycles. The van der Waals surface area contributed by atoms with Crippen LogP contribution in [-0.2, 0) is 11.3 Å². The van der Waals surface area contributed by atoms with Crippen molar-refractivity contribution in [3.63, 3.8) is 0 Å². The molecular formula is C18H21N3O3. The Bertz CT molecular complexity index is 756. The molecule has 1 aromatic carbocycles. The fraction of sp³-hybridized carbons (Fsp3) is 0.444. The molecule has 24 heavy (non-hydrogen) atoms. The monoisotopic (exact) mass is 327 g/mol. The highest BCUT2D eigenvalue weighted by atomic mass is 16.6. The number of likely N-dealkylation sites (tertiary alicyclic amines) is 1. The van der Waals surface area contributed by atoms with Crippen LogP contribution < -0.4 is 9.47 Å². The predicted octanol–water partition coefficient (Wildman–Crippen LogP) is 2.33. The van der Waals surface area contributed by atoms with Crippen molar-refractivity contribution in [3.05, 3.63) is 41.7 Å². The average molecular weight is 327 g/mol. The van der Waals surface area contributed by atoms with E-state index < -0.39 is 0 Å². The van der Waals surface area contributed by atoms with Crippen LogP contribution in [0.4, 0.5) is 0 Å². The third kappa shape index (κ3) is 2.84. The van der Waals surface area contributed by atoms with Gasteiger partial charge in [0.25, 0.3) is 0 Å². The van der Waals surface area contributed by atoms with E-state index in [-0.39, 0.29) is 18.5 Å². The van der Waals surface area contributed by atoms with Crippen LogP contribution >= 0.6 is 0 Å². The summed E-state index contributed by atoms with van der Waals surface area (Å²) in [5.41, 5.74) is 2.18. The van der Waals surface area contributed by atoms with Crippen LogP contribution in [0.2, 0.25) is 0 Å². The van der Waals surface area contributed by atoms with Crippen molar-refractivity contribution in [2.45, 2.75) is 32.4 Å². The summed E-state index contributed by atoms with van der Waals surface area (Å²) >= 11 is 0. The van der Waals surface area contributed by atoms with Crippen LogP contribution in [0.1, 0.15) is 30.0 Å². The quantitative estimate of drug-likeness (QED) is 0.868. The molecule has 0 spiro atoms. The Kier molecular flexibility index (Phi) is 3.88. The fourth-order valence-corrected chi connectivity index (χ4v) is 3.46. The SMILES string of the molecule is Cc1cnn(CC(=O)N2CCCC2c2ccc3c(c2)OCCO3)c1. The van der Waals surface area contributed by atoms with Gasteiger partial charge in [-0.2, -0.15) is 5.10 Å². The number of aromatic nitrogens is 2. The third-order valence-electron chi connectivity index (χ3n) is 4.58. The summed E-state index contributed by atoms with van der Waals surface area (Å²) in [6.07, 6.45) is 5.66. The maximum absolute atomic E-state index is 12.7. The number of nitrogens with zero attached hydrogens (tertiary/aromatic N) is 3. The zero-order valence-corrected chi connectivity index (χ0v) is 13.8. The molecule has 0 N–H and O–H groups in total. The highest BCUT2D eigenvalue weighted by Gasteiger charge is 2.31. The van der Waals surface area contributed by atoms with Gasteiger partial charge in [-0.1, -0.05) is 6.07 Å². The van der Waals surface area contributed by atoms with Crippen molar-refractivity contribution >= 4 is 5.91 Å². The summed E-state index contributed by atoms with van der Waals surface area (Å²) < 4.78 is 13.0. The molecule has 6 heteroatoms. The first kappa shape index (κ1) is 15.1. The van der Waals surface area contributed by atoms with Gasteiger partial charge in [-0.3, -0.25) is 9.48 Å². The Labute approximate surface area is 141 Å². The summed E-state index contributed by atoms with van der Waals surface area (Å²) in [5.74, 6) is 1.67. The van der Waals surface area contributed by atoms with E-state index >= 15 is 0 Å². The molecule has 1 fully saturated rings. The Morgan fingerprint density at radius 2 is 2.12 bits per heavy atom. The van der Waals surface area contributed by atoms with E-state index in [1.54, 1.807) is 10.9 Å². The lowest BCUT2D eigenvalue weighted by Crippen LogP contribution is -2.33. The first-order chi connectivity index (χ1) is 11.7. The number of benzene rings is 1. The van der Waals surface area contributed by atoms with Crippen molar-refractivity contribution in [2.24, 2.45) is 0 Å². The van der Waals surface area contributed by atoms with E-state index in [2.05, 4.69) is 5.10 Å². The van der Waals surface area contributed by atoms with Crippen molar-refractivity contribution in [1.82, 2.24) is 14.7 Å². The van der Waals surface area contributed by atoms with Gasteiger partial charge >= 0.3 is 0 Å². The first-order valence-corrected chi connectivity index (χ1v) is 8.39. The second kappa shape index (κ2) is 6.19. The Morgan fingerprint density at radius 3 is 2.92 bits per heavy atom. The summed E-state index contributed by atoms with van der Waals surface area (Å²) in [4.78, 5) is 14.7. The molecule has 1 aromatic heterocycles. The normalized spacial score (nSPS) is 19.5. The third-order valence-corrected chi connectivity index (χ3v) is 4.58. The van der Waals surface area contributed by atoms with Gasteiger partial charge < -0.3 is 14.4 Å². The predicted molar refractivity (Wildman–Crippen MR) is 88.1 cm³/mol. The molecule has 0 aliphatic carbocycles. The van der Waals surface area contributed by atoms with Crippen molar-refractivity contribution in [1.29, 1.82) is 0 Å². The Balaban J connectivity index is 1.53. The molecule has 2 aliphatic rings. The number of rotatable bonds is 3. The zero-order chi connectivity index (χ0) is 16.5. The number of hydrogen-bond acceptors (Lipinski definition) is 4. The van der Waals surface area contributed by atoms with Gasteiger partial charge in [0.15, 0.2) is 11.5 Å². The number of carbonyl (C=O) groups is 1. The number of amides is 1. The minimum Gasteiger partial charge on any atom is -0.486 e. The van der Waals surface area contributed by atoms with Crippen LogP contribution in [0.15, 0.2) is 30.6 Å². The van der Waals surface area contributed by atoms with Crippen molar-refractivity contribution in [2.75, 3.05) is 19.8 Å². The number of aryl methyl sites for hydroxylation is 1. The lowest BCUT2D eigenvalue weighted by atomic mass is 10.0. The second-order valence-electron chi connectivity index (χ2n) is 6.36. The molecule has 3 heterocycles. The highest BCUT2D eigenvalue weighted by Crippen LogP contribution is 2.38. The van der Waals surface area contributed by atoms with Crippen LogP contribution in [0, 0.1) is 6.92 Å². The second-order valence-corrected chi connectivity index (χ2v) is 6.36. The number of hydrogen-bond donors (Lipinski definition) is 0. The van der Waals surface area contributed by atoms with E-state index in [1.807, 2.05) is 36.2 Å². The maximum Gasteiger partial charge on any atom is 0.244 e. The smallest absolute Gasteiger partial charge is 0.244 e. The van der Waals surface area contributed by atoms with E-state index in [0.717, 1.165) is 42.0 Å². The molecule has 6 nitrogen and oxygen atoms in total. The molecule has 126 valence electrons. The molecule has 1 unspecified atom stereocenters. The molecule has 0 bridgehead atoms. The molecule has 0 saturated carbocycles. The summed E-state index contributed by atoms with van der Waals surface area (Å²) in [7, 11) is 0. The maximum atomic E-state index is 12.7. The zero-order valence-electron chi connectivity index (χ0n) is 13.8. The highest BCUT2D eigenvalue weighted by molar-refractivity contribution is 5.76. The van der Waals surface area contributed by atoms with Gasteiger partial charge in [0.1, 0.15) is 19.8 Å². The average Bonchev–Trinajstić information content (AvgIpc) is 3.23. The van der Waals surface area contributed by atoms with Gasteiger partial charge in [0, 0.05) is 12.7 Å². The Hall–Kier alpha value is -2.50. The molecular weight excluding hydrogens is 306 g/mol. The van der Waals surface area contributed by atoms with Gasteiger partial charge in [-0.05, 0) is 43.0 Å². The number of carbonyl (C=O) groups excluding carboxylic acids is 1. The van der Waals surface area contributed by atoms with Crippen molar-refractivity contribution < 1.29 is 14.3 Å². The molecule has 1 amide bonds. The van der Waals surface area contributed by atoms with E-state index in [0.29, 0.717) is 13.2 Å². The topological polar surface area (TPSA) is 56.6 Å². The minimum absolute atomic E-state index is 0.102. The summed E-state index contributed by atoms with van der Waals surface area (Å²) in [5, 5.41) is 4.22. The van der Waals surface area contributed by atoms with Gasteiger partial charge in [0.2, 0.25) is 5.91 Å². The first-order valence-electron chi connectivity index (χ1n) is 8.39. The summed E-state index contributed by atoms with van der Waals surface area (Å²) in [6, 6.07) is 6.11. The largest absolute Gasteiger partial charge is 0.486 e. The van der Waals surface area contributed by atoms with Gasteiger partial charge in [-0.15, -0.1) is 0 Å². The fourth-order valence-electron chi connectivity index (χ4n) is 3.46. The van der Waals surface area contributed by atoms with Gasteiger partial charge in [0.05, 0.1) is 12.2 Å². The van der Waals surface area contributed by atoms with E-state index in [1.165, 1.54) is 0 Å². The Morgan fingerprint density at radius 1 is 1.29 bits per heavy atom. The summed E-state index contributed by atoms with van der Waals surface area (Å²) in [6.45, 7) is 4.21. The molecule has 0 radical (unpaired) electrons. The van der Waals surface area contributed by atoms with Gasteiger partial charge in [-0.25, -0.2) is 0 Å². The molecule has 4 rings (SSSR count). The van der Waals surface area contributed by atoms with Crippen LogP contribution in [0.25, 0.3) is 0 Å². The van der Waals surface area contributed by atoms with E-state index in [9.17, 15) is 4.79 Å². The van der Waals surface area contributed by atoms with Crippen LogP contribution in [0.5, 0.6) is 11.5 Å². The van der Waals surface area contributed by atoms with Crippen LogP contribution in [-0.4, -0.2) is 40.3 Å². The minimum atomic E-state index is 0.102. The standard InChI is InChI=1S/C18H21N3O3/c1-13-10-19-20(11-13)12-18(22)21-6-2-3-15(21)14-4-5-16-17(9-14)24-8-7-23-16/h4-5,9-11,15H,2-3,6-8,12H2,1H3. The number of fused-ring (bicyclic) bond motifs is 1. The molecule has 1 atom stereocenters. The van der Waals surface area contributed by atoms with E-state index in [4.69, 9.17) is 9.47 Å². The number of ether oxygens (including phenoxy) is 2. The lowest BCUT2D eigenvalue weighted by Gasteiger charge is -2.26. The van der Waals surface area contributed by atoms with Crippen molar-refractivity contribution in [3.8, 4) is 11.5 Å².